The number of para-hydroxylation sites is 1. The standard InChI is InChI=1S/C21H23ClN4O/c22-17-6-3-4-15(12-17)14-24-19-21(8-10-26(11-9-21)20(23)27)13-16-5-1-2-7-18(16)25-19/h1-7,12H,8-11,13-14H2,(H2,23,27)(H,24,25). The molecule has 1 saturated heterocycles. The molecule has 140 valence electrons. The van der Waals surface area contributed by atoms with Crippen LogP contribution in [0.25, 0.3) is 0 Å². The summed E-state index contributed by atoms with van der Waals surface area (Å²) in [6.07, 6.45) is 2.63. The summed E-state index contributed by atoms with van der Waals surface area (Å²) in [5.74, 6) is 1.00. The van der Waals surface area contributed by atoms with Crippen molar-refractivity contribution in [2.75, 3.05) is 18.4 Å². The molecule has 4 rings (SSSR count). The van der Waals surface area contributed by atoms with E-state index >= 15 is 0 Å². The lowest BCUT2D eigenvalue weighted by atomic mass is 9.70. The van der Waals surface area contributed by atoms with Crippen LogP contribution < -0.4 is 11.1 Å². The summed E-state index contributed by atoms with van der Waals surface area (Å²) in [6, 6.07) is 15.8. The number of nitrogens with one attached hydrogen (secondary N) is 1. The number of halogens is 1. The van der Waals surface area contributed by atoms with Crippen LogP contribution >= 0.6 is 11.6 Å². The number of rotatable bonds is 2. The van der Waals surface area contributed by atoms with Crippen LogP contribution in [0.2, 0.25) is 5.02 Å². The number of urea groups is 1. The average molecular weight is 383 g/mol. The molecule has 0 aliphatic carbocycles. The van der Waals surface area contributed by atoms with Crippen LogP contribution in [0.15, 0.2) is 53.5 Å². The van der Waals surface area contributed by atoms with Gasteiger partial charge in [0, 0.05) is 29.2 Å². The summed E-state index contributed by atoms with van der Waals surface area (Å²) in [7, 11) is 0. The zero-order valence-electron chi connectivity index (χ0n) is 15.1. The maximum Gasteiger partial charge on any atom is 0.314 e. The lowest BCUT2D eigenvalue weighted by molar-refractivity contribution is 0.159. The number of primary amides is 1. The number of carbonyl (C=O) groups is 1. The van der Waals surface area contributed by atoms with Crippen molar-refractivity contribution in [3.8, 4) is 0 Å². The van der Waals surface area contributed by atoms with Gasteiger partial charge in [-0.15, -0.1) is 0 Å². The molecule has 0 bridgehead atoms. The molecule has 1 fully saturated rings. The van der Waals surface area contributed by atoms with Gasteiger partial charge in [-0.05, 0) is 48.6 Å². The minimum absolute atomic E-state index is 0.0844. The number of nitrogens with zero attached hydrogens (tertiary/aromatic N) is 2. The first-order valence-electron chi connectivity index (χ1n) is 9.24. The molecule has 0 atom stereocenters. The van der Waals surface area contributed by atoms with Gasteiger partial charge in [0.15, 0.2) is 0 Å². The van der Waals surface area contributed by atoms with Crippen LogP contribution in [0.3, 0.4) is 0 Å². The van der Waals surface area contributed by atoms with Gasteiger partial charge in [-0.3, -0.25) is 4.99 Å². The highest BCUT2D eigenvalue weighted by Crippen LogP contribution is 2.42. The average Bonchev–Trinajstić information content (AvgIpc) is 2.67. The van der Waals surface area contributed by atoms with Crippen molar-refractivity contribution < 1.29 is 4.79 Å². The number of aliphatic imine (C=N–C) groups is 1. The normalized spacial score (nSPS) is 19.6. The van der Waals surface area contributed by atoms with E-state index in [0.29, 0.717) is 19.6 Å². The summed E-state index contributed by atoms with van der Waals surface area (Å²) in [5.41, 5.74) is 8.89. The van der Waals surface area contributed by atoms with Crippen molar-refractivity contribution in [1.82, 2.24) is 4.90 Å². The third-order valence-electron chi connectivity index (χ3n) is 5.64. The van der Waals surface area contributed by atoms with Crippen molar-refractivity contribution in [3.05, 3.63) is 64.7 Å². The van der Waals surface area contributed by atoms with E-state index in [1.165, 1.54) is 5.56 Å². The van der Waals surface area contributed by atoms with Crippen molar-refractivity contribution in [1.29, 1.82) is 0 Å². The highest BCUT2D eigenvalue weighted by molar-refractivity contribution is 6.30. The van der Waals surface area contributed by atoms with Crippen molar-refractivity contribution in [2.24, 2.45) is 16.1 Å². The highest BCUT2D eigenvalue weighted by Gasteiger charge is 2.43. The lowest BCUT2D eigenvalue weighted by Crippen LogP contribution is -2.52. The van der Waals surface area contributed by atoms with Gasteiger partial charge in [-0.2, -0.15) is 0 Å². The summed E-state index contributed by atoms with van der Waals surface area (Å²) >= 11 is 6.11. The molecule has 2 aromatic carbocycles. The molecule has 2 aliphatic heterocycles. The second-order valence-electron chi connectivity index (χ2n) is 7.36. The molecular formula is C21H23ClN4O. The first-order chi connectivity index (χ1) is 13.1. The van der Waals surface area contributed by atoms with Gasteiger partial charge in [-0.25, -0.2) is 4.79 Å². The minimum atomic E-state index is -0.341. The fraction of sp³-hybridized carbons (Fsp3) is 0.333. The fourth-order valence-corrected chi connectivity index (χ4v) is 4.30. The fourth-order valence-electron chi connectivity index (χ4n) is 4.09. The molecular weight excluding hydrogens is 360 g/mol. The van der Waals surface area contributed by atoms with Crippen LogP contribution in [0.5, 0.6) is 0 Å². The SMILES string of the molecule is NC(=O)N1CCC2(CC1)Cc1ccccc1NC2=NCc1cccc(Cl)c1. The predicted octanol–water partition coefficient (Wildman–Crippen LogP) is 4.07. The Hall–Kier alpha value is -2.53. The number of anilines is 1. The van der Waals surface area contributed by atoms with Crippen LogP contribution in [0.1, 0.15) is 24.0 Å². The summed E-state index contributed by atoms with van der Waals surface area (Å²) in [6.45, 7) is 1.90. The Bertz CT molecular complexity index is 887. The van der Waals surface area contributed by atoms with Crippen LogP contribution in [0.4, 0.5) is 10.5 Å². The number of hydrogen-bond acceptors (Lipinski definition) is 2. The highest BCUT2D eigenvalue weighted by atomic mass is 35.5. The summed E-state index contributed by atoms with van der Waals surface area (Å²) in [4.78, 5) is 18.2. The molecule has 2 heterocycles. The van der Waals surface area contributed by atoms with E-state index in [9.17, 15) is 4.79 Å². The number of benzene rings is 2. The maximum absolute atomic E-state index is 11.5. The first-order valence-corrected chi connectivity index (χ1v) is 9.62. The zero-order chi connectivity index (χ0) is 18.9. The van der Waals surface area contributed by atoms with E-state index in [0.717, 1.165) is 41.4 Å². The Morgan fingerprint density at radius 2 is 1.96 bits per heavy atom. The monoisotopic (exact) mass is 382 g/mol. The molecule has 2 amide bonds. The molecule has 2 aliphatic rings. The van der Waals surface area contributed by atoms with E-state index < -0.39 is 0 Å². The molecule has 0 saturated carbocycles. The number of hydrogen-bond donors (Lipinski definition) is 2. The van der Waals surface area contributed by atoms with Crippen LogP contribution in [-0.4, -0.2) is 29.9 Å². The van der Waals surface area contributed by atoms with Gasteiger partial charge in [0.2, 0.25) is 0 Å². The van der Waals surface area contributed by atoms with Crippen molar-refractivity contribution in [3.63, 3.8) is 0 Å². The first kappa shape index (κ1) is 17.9. The number of amidine groups is 1. The van der Waals surface area contributed by atoms with E-state index in [2.05, 4.69) is 23.5 Å². The number of fused-ring (bicyclic) bond motifs is 1. The molecule has 0 unspecified atom stereocenters. The number of carbonyl (C=O) groups excluding carboxylic acids is 1. The Balaban J connectivity index is 1.64. The topological polar surface area (TPSA) is 70.7 Å². The van der Waals surface area contributed by atoms with Gasteiger partial charge in [0.25, 0.3) is 0 Å². The van der Waals surface area contributed by atoms with Crippen molar-refractivity contribution >= 4 is 29.2 Å². The van der Waals surface area contributed by atoms with Crippen LogP contribution in [-0.2, 0) is 13.0 Å². The number of amides is 2. The van der Waals surface area contributed by atoms with E-state index in [4.69, 9.17) is 22.3 Å². The molecule has 3 N–H and O–H groups in total. The summed E-state index contributed by atoms with van der Waals surface area (Å²) in [5, 5.41) is 4.29. The summed E-state index contributed by atoms with van der Waals surface area (Å²) < 4.78 is 0. The van der Waals surface area contributed by atoms with E-state index in [1.807, 2.05) is 30.3 Å². The Kier molecular flexibility index (Phi) is 4.79. The molecule has 6 heteroatoms. The zero-order valence-corrected chi connectivity index (χ0v) is 15.9. The van der Waals surface area contributed by atoms with E-state index in [1.54, 1.807) is 4.90 Å². The van der Waals surface area contributed by atoms with Gasteiger partial charge in [0.05, 0.1) is 6.54 Å². The molecule has 5 nitrogen and oxygen atoms in total. The quantitative estimate of drug-likeness (QED) is 0.821. The largest absolute Gasteiger partial charge is 0.351 e. The molecule has 0 aromatic heterocycles. The molecule has 27 heavy (non-hydrogen) atoms. The van der Waals surface area contributed by atoms with Gasteiger partial charge < -0.3 is 16.0 Å². The Morgan fingerprint density at radius 3 is 2.70 bits per heavy atom. The third-order valence-corrected chi connectivity index (χ3v) is 5.88. The molecule has 0 radical (unpaired) electrons. The third kappa shape index (κ3) is 3.65. The van der Waals surface area contributed by atoms with Gasteiger partial charge in [-0.1, -0.05) is 41.9 Å². The Labute approximate surface area is 164 Å². The second kappa shape index (κ2) is 7.24. The Morgan fingerprint density at radius 1 is 1.19 bits per heavy atom. The minimum Gasteiger partial charge on any atom is -0.351 e. The van der Waals surface area contributed by atoms with Crippen molar-refractivity contribution in [2.45, 2.75) is 25.8 Å². The van der Waals surface area contributed by atoms with Gasteiger partial charge in [0.1, 0.15) is 5.84 Å². The molecule has 2 aromatic rings. The number of likely N-dealkylation sites (tertiary alicyclic amines) is 1. The van der Waals surface area contributed by atoms with Gasteiger partial charge >= 0.3 is 6.03 Å². The number of nitrogens with two attached hydrogens (primary N) is 1. The maximum atomic E-state index is 11.5. The second-order valence-corrected chi connectivity index (χ2v) is 7.80. The number of piperidine rings is 1. The predicted molar refractivity (Wildman–Crippen MR) is 109 cm³/mol. The molecule has 1 spiro atoms. The van der Waals surface area contributed by atoms with Crippen LogP contribution in [0, 0.1) is 5.41 Å². The smallest absolute Gasteiger partial charge is 0.314 e. The lowest BCUT2D eigenvalue weighted by Gasteiger charge is -2.45. The van der Waals surface area contributed by atoms with E-state index in [-0.39, 0.29) is 11.4 Å².